The van der Waals surface area contributed by atoms with E-state index in [4.69, 9.17) is 15.2 Å². The number of hydrogen-bond acceptors (Lipinski definition) is 4. The van der Waals surface area contributed by atoms with Gasteiger partial charge in [0.25, 0.3) is 0 Å². The van der Waals surface area contributed by atoms with Gasteiger partial charge >= 0.3 is 0 Å². The number of nitrogens with zero attached hydrogens (tertiary/aromatic N) is 3. The Morgan fingerprint density at radius 2 is 1.96 bits per heavy atom. The molecule has 1 aromatic carbocycles. The van der Waals surface area contributed by atoms with E-state index in [-0.39, 0.29) is 0 Å². The molecular formula is C18H27N5O2. The first-order valence-electron chi connectivity index (χ1n) is 8.24. The summed E-state index contributed by atoms with van der Waals surface area (Å²) in [6.07, 6.45) is 1.86. The molecule has 1 heterocycles. The highest BCUT2D eigenvalue weighted by Crippen LogP contribution is 2.29. The first kappa shape index (κ1) is 18.6. The van der Waals surface area contributed by atoms with Gasteiger partial charge in [0, 0.05) is 31.0 Å². The molecule has 7 nitrogen and oxygen atoms in total. The van der Waals surface area contributed by atoms with Crippen molar-refractivity contribution in [1.82, 2.24) is 9.78 Å². The number of aryl methyl sites for hydroxylation is 2. The van der Waals surface area contributed by atoms with Crippen molar-refractivity contribution in [2.45, 2.75) is 26.7 Å². The van der Waals surface area contributed by atoms with E-state index in [1.54, 1.807) is 14.2 Å². The smallest absolute Gasteiger partial charge is 0.193 e. The SMILES string of the molecule is COc1ccc(NC(N)=NCCCc2c(C)nn(C)c2C)cc1OC. The number of nitrogens with two attached hydrogens (primary N) is 1. The van der Waals surface area contributed by atoms with Gasteiger partial charge in [-0.1, -0.05) is 0 Å². The number of hydrogen-bond donors (Lipinski definition) is 2. The Hall–Kier alpha value is -2.70. The van der Waals surface area contributed by atoms with Gasteiger partial charge in [0.05, 0.1) is 19.9 Å². The first-order chi connectivity index (χ1) is 12.0. The third-order valence-electron chi connectivity index (χ3n) is 4.18. The van der Waals surface area contributed by atoms with Gasteiger partial charge in [0.2, 0.25) is 0 Å². The number of benzene rings is 1. The molecule has 0 aliphatic heterocycles. The van der Waals surface area contributed by atoms with Crippen LogP contribution in [0.2, 0.25) is 0 Å². The minimum Gasteiger partial charge on any atom is -0.493 e. The number of rotatable bonds is 7. The number of anilines is 1. The zero-order valence-corrected chi connectivity index (χ0v) is 15.6. The summed E-state index contributed by atoms with van der Waals surface area (Å²) in [5, 5.41) is 7.50. The largest absolute Gasteiger partial charge is 0.493 e. The van der Waals surface area contributed by atoms with Crippen LogP contribution < -0.4 is 20.5 Å². The van der Waals surface area contributed by atoms with E-state index < -0.39 is 0 Å². The second-order valence-electron chi connectivity index (χ2n) is 5.84. The maximum Gasteiger partial charge on any atom is 0.193 e. The molecule has 136 valence electrons. The molecule has 0 saturated heterocycles. The lowest BCUT2D eigenvalue weighted by molar-refractivity contribution is 0.355. The summed E-state index contributed by atoms with van der Waals surface area (Å²) in [6, 6.07) is 5.51. The first-order valence-corrected chi connectivity index (χ1v) is 8.24. The van der Waals surface area contributed by atoms with Crippen LogP contribution in [-0.2, 0) is 13.5 Å². The molecule has 0 atom stereocenters. The lowest BCUT2D eigenvalue weighted by Gasteiger charge is -2.11. The second-order valence-corrected chi connectivity index (χ2v) is 5.84. The molecule has 0 spiro atoms. The van der Waals surface area contributed by atoms with Crippen LogP contribution in [0.4, 0.5) is 5.69 Å². The number of methoxy groups -OCH3 is 2. The number of aromatic nitrogens is 2. The standard InChI is InChI=1S/C18H27N5O2/c1-12-15(13(2)23(3)22-12)7-6-10-20-18(19)21-14-8-9-16(24-4)17(11-14)25-5/h8-9,11H,6-7,10H2,1-5H3,(H3,19,20,21). The molecular weight excluding hydrogens is 318 g/mol. The van der Waals surface area contributed by atoms with Gasteiger partial charge in [0.1, 0.15) is 0 Å². The average Bonchev–Trinajstić information content (AvgIpc) is 2.84. The van der Waals surface area contributed by atoms with Crippen molar-refractivity contribution in [3.05, 3.63) is 35.2 Å². The summed E-state index contributed by atoms with van der Waals surface area (Å²) in [4.78, 5) is 4.38. The Morgan fingerprint density at radius 1 is 1.24 bits per heavy atom. The van der Waals surface area contributed by atoms with Crippen LogP contribution in [0.5, 0.6) is 11.5 Å². The predicted molar refractivity (Wildman–Crippen MR) is 101 cm³/mol. The molecule has 25 heavy (non-hydrogen) atoms. The molecule has 0 fully saturated rings. The predicted octanol–water partition coefficient (Wildman–Crippen LogP) is 2.41. The van der Waals surface area contributed by atoms with Crippen molar-refractivity contribution in [2.75, 3.05) is 26.1 Å². The van der Waals surface area contributed by atoms with Crippen LogP contribution in [0.3, 0.4) is 0 Å². The van der Waals surface area contributed by atoms with Gasteiger partial charge in [-0.25, -0.2) is 0 Å². The van der Waals surface area contributed by atoms with E-state index >= 15 is 0 Å². The maximum atomic E-state index is 5.96. The molecule has 0 amide bonds. The highest BCUT2D eigenvalue weighted by molar-refractivity contribution is 5.92. The van der Waals surface area contributed by atoms with Crippen LogP contribution in [0.25, 0.3) is 0 Å². The van der Waals surface area contributed by atoms with Crippen molar-refractivity contribution in [2.24, 2.45) is 17.8 Å². The monoisotopic (exact) mass is 345 g/mol. The van der Waals surface area contributed by atoms with Gasteiger partial charge < -0.3 is 20.5 Å². The summed E-state index contributed by atoms with van der Waals surface area (Å²) < 4.78 is 12.4. The number of ether oxygens (including phenoxy) is 2. The average molecular weight is 345 g/mol. The van der Waals surface area contributed by atoms with E-state index in [1.807, 2.05) is 36.9 Å². The minimum absolute atomic E-state index is 0.381. The van der Waals surface area contributed by atoms with Gasteiger partial charge in [0.15, 0.2) is 17.5 Å². The molecule has 0 bridgehead atoms. The van der Waals surface area contributed by atoms with Crippen LogP contribution in [-0.4, -0.2) is 36.5 Å². The van der Waals surface area contributed by atoms with Crippen LogP contribution in [0, 0.1) is 13.8 Å². The summed E-state index contributed by atoms with van der Waals surface area (Å²) in [5.74, 6) is 1.69. The lowest BCUT2D eigenvalue weighted by atomic mass is 10.1. The molecule has 0 unspecified atom stereocenters. The lowest BCUT2D eigenvalue weighted by Crippen LogP contribution is -2.23. The number of nitrogens with one attached hydrogen (secondary N) is 1. The van der Waals surface area contributed by atoms with E-state index in [0.29, 0.717) is 24.0 Å². The van der Waals surface area contributed by atoms with E-state index in [0.717, 1.165) is 24.2 Å². The van der Waals surface area contributed by atoms with E-state index in [9.17, 15) is 0 Å². The molecule has 0 saturated carbocycles. The molecule has 2 aromatic rings. The summed E-state index contributed by atoms with van der Waals surface area (Å²) in [6.45, 7) is 4.78. The van der Waals surface area contributed by atoms with Crippen LogP contribution in [0.15, 0.2) is 23.2 Å². The highest BCUT2D eigenvalue weighted by atomic mass is 16.5. The van der Waals surface area contributed by atoms with Gasteiger partial charge in [-0.3, -0.25) is 9.67 Å². The third-order valence-corrected chi connectivity index (χ3v) is 4.18. The molecule has 3 N–H and O–H groups in total. The van der Waals surface area contributed by atoms with Gasteiger partial charge in [-0.05, 0) is 44.4 Å². The van der Waals surface area contributed by atoms with E-state index in [2.05, 4.69) is 22.3 Å². The second kappa shape index (κ2) is 8.41. The summed E-state index contributed by atoms with van der Waals surface area (Å²) >= 11 is 0. The Kier molecular flexibility index (Phi) is 6.27. The van der Waals surface area contributed by atoms with Crippen molar-refractivity contribution in [3.8, 4) is 11.5 Å². The molecule has 1 aromatic heterocycles. The fraction of sp³-hybridized carbons (Fsp3) is 0.444. The zero-order valence-electron chi connectivity index (χ0n) is 15.6. The Balaban J connectivity index is 1.89. The highest BCUT2D eigenvalue weighted by Gasteiger charge is 2.08. The minimum atomic E-state index is 0.381. The fourth-order valence-electron chi connectivity index (χ4n) is 2.74. The quantitative estimate of drug-likeness (QED) is 0.457. The normalized spacial score (nSPS) is 11.5. The van der Waals surface area contributed by atoms with Crippen molar-refractivity contribution >= 4 is 11.6 Å². The van der Waals surface area contributed by atoms with Gasteiger partial charge in [-0.15, -0.1) is 0 Å². The van der Waals surface area contributed by atoms with Gasteiger partial charge in [-0.2, -0.15) is 5.10 Å². The maximum absolute atomic E-state index is 5.96. The van der Waals surface area contributed by atoms with Crippen LogP contribution >= 0.6 is 0 Å². The molecule has 0 aliphatic rings. The molecule has 0 aliphatic carbocycles. The molecule has 0 radical (unpaired) electrons. The van der Waals surface area contributed by atoms with Crippen LogP contribution in [0.1, 0.15) is 23.4 Å². The van der Waals surface area contributed by atoms with Crippen molar-refractivity contribution in [3.63, 3.8) is 0 Å². The zero-order chi connectivity index (χ0) is 18.4. The Bertz CT molecular complexity index is 752. The fourth-order valence-corrected chi connectivity index (χ4v) is 2.74. The molecule has 7 heteroatoms. The Morgan fingerprint density at radius 3 is 2.56 bits per heavy atom. The topological polar surface area (TPSA) is 86.7 Å². The van der Waals surface area contributed by atoms with Crippen molar-refractivity contribution in [1.29, 1.82) is 0 Å². The number of aliphatic imine (C=N–C) groups is 1. The Labute approximate surface area is 148 Å². The van der Waals surface area contributed by atoms with Crippen molar-refractivity contribution < 1.29 is 9.47 Å². The van der Waals surface area contributed by atoms with E-state index in [1.165, 1.54) is 11.3 Å². The molecule has 2 rings (SSSR count). The summed E-state index contributed by atoms with van der Waals surface area (Å²) in [7, 11) is 5.17. The number of guanidine groups is 1. The third kappa shape index (κ3) is 4.65. The summed E-state index contributed by atoms with van der Waals surface area (Å²) in [5.41, 5.74) is 10.4.